The first-order valence-electron chi connectivity index (χ1n) is 13.3. The molecular weight excluding hydrogens is 536 g/mol. The van der Waals surface area contributed by atoms with Gasteiger partial charge in [-0.1, -0.05) is 78.3 Å². The van der Waals surface area contributed by atoms with E-state index >= 15 is 0 Å². The minimum Gasteiger partial charge on any atom is -0.494 e. The van der Waals surface area contributed by atoms with Crippen LogP contribution in [0, 0.1) is 0 Å². The van der Waals surface area contributed by atoms with Crippen molar-refractivity contribution in [2.24, 2.45) is 0 Å². The van der Waals surface area contributed by atoms with E-state index in [1.807, 2.05) is 103 Å². The van der Waals surface area contributed by atoms with Gasteiger partial charge in [0.15, 0.2) is 0 Å². The number of hydrogen-bond acceptors (Lipinski definition) is 4. The van der Waals surface area contributed by atoms with Crippen molar-refractivity contribution in [3.63, 3.8) is 0 Å². The van der Waals surface area contributed by atoms with E-state index in [-0.39, 0.29) is 24.9 Å². The van der Waals surface area contributed by atoms with Crippen molar-refractivity contribution in [1.29, 1.82) is 0 Å². The van der Waals surface area contributed by atoms with Gasteiger partial charge < -0.3 is 9.64 Å². The number of carbonyl (C=O) groups is 2. The molecule has 206 valence electrons. The Labute approximate surface area is 244 Å². The average molecular weight is 565 g/mol. The molecule has 0 aliphatic carbocycles. The first-order chi connectivity index (χ1) is 20.0. The molecule has 0 bridgehead atoms. The lowest BCUT2D eigenvalue weighted by atomic mass is 10.1. The van der Waals surface area contributed by atoms with Crippen LogP contribution in [0.2, 0.25) is 5.02 Å². The van der Waals surface area contributed by atoms with Crippen molar-refractivity contribution in [1.82, 2.24) is 14.5 Å². The van der Waals surface area contributed by atoms with Crippen molar-refractivity contribution in [3.05, 3.63) is 132 Å². The largest absolute Gasteiger partial charge is 0.494 e. The van der Waals surface area contributed by atoms with Gasteiger partial charge in [0, 0.05) is 35.0 Å². The Bertz CT molecular complexity index is 1620. The number of benzene rings is 4. The highest BCUT2D eigenvalue weighted by atomic mass is 35.5. The normalized spacial score (nSPS) is 10.7. The molecule has 8 heteroatoms. The zero-order valence-electron chi connectivity index (χ0n) is 22.5. The second-order valence-electron chi connectivity index (χ2n) is 9.32. The van der Waals surface area contributed by atoms with Gasteiger partial charge in [0.1, 0.15) is 12.3 Å². The minimum absolute atomic E-state index is 0.178. The van der Waals surface area contributed by atoms with Crippen molar-refractivity contribution in [2.75, 3.05) is 18.5 Å². The first-order valence-corrected chi connectivity index (χ1v) is 13.6. The zero-order valence-corrected chi connectivity index (χ0v) is 23.3. The third-order valence-corrected chi connectivity index (χ3v) is 6.61. The molecule has 1 aromatic heterocycles. The van der Waals surface area contributed by atoms with E-state index in [0.29, 0.717) is 34.6 Å². The Morgan fingerprint density at radius 1 is 0.902 bits per heavy atom. The van der Waals surface area contributed by atoms with Gasteiger partial charge in [-0.2, -0.15) is 0 Å². The molecule has 2 amide bonds. The maximum atomic E-state index is 13.5. The number of imidazole rings is 1. The summed E-state index contributed by atoms with van der Waals surface area (Å²) in [4.78, 5) is 33.2. The molecule has 1 heterocycles. The standard InChI is InChI=1S/C33H29ClN4O3/c1-2-41-29-15-9-14-28(20-29)38-22-30(25-12-7-4-8-13-25)35-33(38)36-31(39)23-37(21-24-10-5-3-6-11-24)32(40)26-16-18-27(34)19-17-26/h3-20,22H,2,21,23H2,1H3,(H,35,36,39). The Morgan fingerprint density at radius 2 is 1.61 bits per heavy atom. The summed E-state index contributed by atoms with van der Waals surface area (Å²) in [5.41, 5.74) is 3.73. The predicted octanol–water partition coefficient (Wildman–Crippen LogP) is 6.87. The molecule has 1 N–H and O–H groups in total. The van der Waals surface area contributed by atoms with Gasteiger partial charge in [-0.25, -0.2) is 4.98 Å². The molecule has 4 aromatic carbocycles. The maximum Gasteiger partial charge on any atom is 0.254 e. The summed E-state index contributed by atoms with van der Waals surface area (Å²) in [5.74, 6) is 0.384. The lowest BCUT2D eigenvalue weighted by molar-refractivity contribution is -0.117. The fraction of sp³-hybridized carbons (Fsp3) is 0.121. The Morgan fingerprint density at radius 3 is 2.32 bits per heavy atom. The van der Waals surface area contributed by atoms with Crippen molar-refractivity contribution < 1.29 is 14.3 Å². The van der Waals surface area contributed by atoms with E-state index in [1.54, 1.807) is 24.3 Å². The highest BCUT2D eigenvalue weighted by Gasteiger charge is 2.21. The number of halogens is 1. The number of carbonyl (C=O) groups excluding carboxylic acids is 2. The summed E-state index contributed by atoms with van der Waals surface area (Å²) in [7, 11) is 0. The summed E-state index contributed by atoms with van der Waals surface area (Å²) < 4.78 is 7.50. The number of aromatic nitrogens is 2. The van der Waals surface area contributed by atoms with E-state index in [1.165, 1.54) is 4.90 Å². The Balaban J connectivity index is 1.44. The smallest absolute Gasteiger partial charge is 0.254 e. The minimum atomic E-state index is -0.379. The molecule has 0 saturated heterocycles. The molecule has 5 rings (SSSR count). The zero-order chi connectivity index (χ0) is 28.6. The highest BCUT2D eigenvalue weighted by molar-refractivity contribution is 6.30. The van der Waals surface area contributed by atoms with Gasteiger partial charge in [0.05, 0.1) is 18.0 Å². The van der Waals surface area contributed by atoms with Crippen LogP contribution in [-0.2, 0) is 11.3 Å². The Hall–Kier alpha value is -4.88. The topological polar surface area (TPSA) is 76.5 Å². The number of amides is 2. The van der Waals surface area contributed by atoms with Crippen molar-refractivity contribution >= 4 is 29.4 Å². The summed E-state index contributed by atoms with van der Waals surface area (Å²) in [6.07, 6.45) is 1.87. The molecule has 0 fully saturated rings. The quantitative estimate of drug-likeness (QED) is 0.201. The molecule has 41 heavy (non-hydrogen) atoms. The molecule has 0 aliphatic heterocycles. The third kappa shape index (κ3) is 7.01. The van der Waals surface area contributed by atoms with E-state index in [0.717, 1.165) is 16.8 Å². The van der Waals surface area contributed by atoms with Crippen molar-refractivity contribution in [3.8, 4) is 22.7 Å². The molecule has 7 nitrogen and oxygen atoms in total. The average Bonchev–Trinajstić information content (AvgIpc) is 3.42. The molecule has 0 radical (unpaired) electrons. The van der Waals surface area contributed by atoms with Gasteiger partial charge in [-0.05, 0) is 48.9 Å². The summed E-state index contributed by atoms with van der Waals surface area (Å²) in [6.45, 7) is 2.54. The highest BCUT2D eigenvalue weighted by Crippen LogP contribution is 2.26. The van der Waals surface area contributed by atoms with E-state index in [4.69, 9.17) is 21.3 Å². The Kier molecular flexibility index (Phi) is 8.76. The van der Waals surface area contributed by atoms with Gasteiger partial charge in [-0.15, -0.1) is 0 Å². The van der Waals surface area contributed by atoms with Crippen LogP contribution in [0.1, 0.15) is 22.8 Å². The van der Waals surface area contributed by atoms with Crippen LogP contribution in [0.3, 0.4) is 0 Å². The van der Waals surface area contributed by atoms with Gasteiger partial charge in [0.25, 0.3) is 5.91 Å². The molecule has 0 aliphatic rings. The van der Waals surface area contributed by atoms with Crippen LogP contribution in [-0.4, -0.2) is 39.4 Å². The fourth-order valence-corrected chi connectivity index (χ4v) is 4.54. The SMILES string of the molecule is CCOc1cccc(-n2cc(-c3ccccc3)nc2NC(=O)CN(Cc2ccccc2)C(=O)c2ccc(Cl)cc2)c1. The predicted molar refractivity (Wildman–Crippen MR) is 161 cm³/mol. The molecule has 0 spiro atoms. The molecule has 0 unspecified atom stereocenters. The second-order valence-corrected chi connectivity index (χ2v) is 9.75. The van der Waals surface area contributed by atoms with Crippen LogP contribution in [0.15, 0.2) is 115 Å². The molecule has 5 aromatic rings. The second kappa shape index (κ2) is 13.0. The van der Waals surface area contributed by atoms with E-state index in [9.17, 15) is 9.59 Å². The van der Waals surface area contributed by atoms with Gasteiger partial charge in [-0.3, -0.25) is 19.5 Å². The summed E-state index contributed by atoms with van der Waals surface area (Å²) >= 11 is 6.03. The fourth-order valence-electron chi connectivity index (χ4n) is 4.42. The van der Waals surface area contributed by atoms with E-state index in [2.05, 4.69) is 5.32 Å². The lowest BCUT2D eigenvalue weighted by Crippen LogP contribution is -2.38. The monoisotopic (exact) mass is 564 g/mol. The van der Waals surface area contributed by atoms with Crippen LogP contribution in [0.5, 0.6) is 5.75 Å². The molecular formula is C33H29ClN4O3. The van der Waals surface area contributed by atoms with Crippen molar-refractivity contribution in [2.45, 2.75) is 13.5 Å². The van der Waals surface area contributed by atoms with Crippen LogP contribution in [0.25, 0.3) is 16.9 Å². The number of nitrogens with one attached hydrogen (secondary N) is 1. The number of ether oxygens (including phenoxy) is 1. The first kappa shape index (κ1) is 27.7. The maximum absolute atomic E-state index is 13.5. The number of anilines is 1. The number of rotatable bonds is 10. The van der Waals surface area contributed by atoms with Crippen LogP contribution in [0.4, 0.5) is 5.95 Å². The number of hydrogen-bond donors (Lipinski definition) is 1. The van der Waals surface area contributed by atoms with Gasteiger partial charge in [0.2, 0.25) is 11.9 Å². The van der Waals surface area contributed by atoms with Crippen LogP contribution >= 0.6 is 11.6 Å². The molecule has 0 saturated carbocycles. The number of nitrogens with zero attached hydrogens (tertiary/aromatic N) is 3. The summed E-state index contributed by atoms with van der Waals surface area (Å²) in [6, 6.07) is 33.5. The van der Waals surface area contributed by atoms with E-state index < -0.39 is 0 Å². The van der Waals surface area contributed by atoms with Crippen LogP contribution < -0.4 is 10.1 Å². The lowest BCUT2D eigenvalue weighted by Gasteiger charge is -2.22. The summed E-state index contributed by atoms with van der Waals surface area (Å²) in [5, 5.41) is 3.47. The van der Waals surface area contributed by atoms with Gasteiger partial charge >= 0.3 is 0 Å². The third-order valence-electron chi connectivity index (χ3n) is 6.36. The molecule has 0 atom stereocenters.